The van der Waals surface area contributed by atoms with Crippen molar-refractivity contribution in [2.24, 2.45) is 0 Å². The lowest BCUT2D eigenvalue weighted by Gasteiger charge is -2.13. The Morgan fingerprint density at radius 2 is 2.04 bits per heavy atom. The van der Waals surface area contributed by atoms with Crippen molar-refractivity contribution in [3.05, 3.63) is 54.4 Å². The van der Waals surface area contributed by atoms with E-state index in [1.54, 1.807) is 0 Å². The van der Waals surface area contributed by atoms with Crippen molar-refractivity contribution in [1.29, 1.82) is 0 Å². The molecule has 0 spiro atoms. The second kappa shape index (κ2) is 8.72. The highest BCUT2D eigenvalue weighted by Gasteiger charge is 2.16. The Morgan fingerprint density at radius 3 is 2.93 bits per heavy atom. The van der Waals surface area contributed by atoms with Crippen molar-refractivity contribution in [2.45, 2.75) is 32.5 Å². The molecule has 5 heterocycles. The molecule has 0 saturated heterocycles. The number of halogens is 2. The fraction of sp³-hybridized carbons (Fsp3) is 0.333. The molecule has 0 unspecified atom stereocenters. The molecule has 0 fully saturated rings. The Bertz CT molecular complexity index is 1030. The van der Waals surface area contributed by atoms with Gasteiger partial charge in [-0.1, -0.05) is 6.07 Å². The quantitative estimate of drug-likeness (QED) is 0.536. The van der Waals surface area contributed by atoms with Crippen LogP contribution in [0.15, 0.2) is 42.9 Å². The number of nitrogens with one attached hydrogen (secondary N) is 1. The SMILES string of the molecule is Cl.Cl.c1ccn2c(CCCn3ccnc3-c3cc4n(n3)CCNC4)nnc2c1. The average molecular weight is 421 g/mol. The van der Waals surface area contributed by atoms with Crippen LogP contribution < -0.4 is 5.32 Å². The first-order valence-electron chi connectivity index (χ1n) is 8.96. The van der Waals surface area contributed by atoms with Crippen LogP contribution in [0.4, 0.5) is 0 Å². The van der Waals surface area contributed by atoms with E-state index in [9.17, 15) is 0 Å². The van der Waals surface area contributed by atoms with E-state index in [-0.39, 0.29) is 24.8 Å². The number of pyridine rings is 1. The van der Waals surface area contributed by atoms with Gasteiger partial charge in [-0.3, -0.25) is 9.08 Å². The molecule has 5 rings (SSSR count). The summed E-state index contributed by atoms with van der Waals surface area (Å²) in [5, 5.41) is 16.6. The smallest absolute Gasteiger partial charge is 0.160 e. The first-order valence-corrected chi connectivity index (χ1v) is 8.96. The van der Waals surface area contributed by atoms with E-state index in [4.69, 9.17) is 5.10 Å². The third-order valence-corrected chi connectivity index (χ3v) is 4.80. The van der Waals surface area contributed by atoms with Gasteiger partial charge in [0.2, 0.25) is 0 Å². The van der Waals surface area contributed by atoms with Gasteiger partial charge in [0, 0.05) is 44.6 Å². The van der Waals surface area contributed by atoms with Crippen molar-refractivity contribution < 1.29 is 0 Å². The van der Waals surface area contributed by atoms with Crippen LogP contribution in [0.25, 0.3) is 17.2 Å². The highest BCUT2D eigenvalue weighted by molar-refractivity contribution is 5.85. The second-order valence-corrected chi connectivity index (χ2v) is 6.51. The normalized spacial score (nSPS) is 13.0. The minimum absolute atomic E-state index is 0. The summed E-state index contributed by atoms with van der Waals surface area (Å²) in [4.78, 5) is 4.53. The predicted molar refractivity (Wildman–Crippen MR) is 111 cm³/mol. The highest BCUT2D eigenvalue weighted by Crippen LogP contribution is 2.19. The van der Waals surface area contributed by atoms with Gasteiger partial charge in [-0.2, -0.15) is 5.10 Å². The van der Waals surface area contributed by atoms with Crippen LogP contribution >= 0.6 is 24.8 Å². The van der Waals surface area contributed by atoms with Gasteiger partial charge in [0.1, 0.15) is 11.5 Å². The summed E-state index contributed by atoms with van der Waals surface area (Å²) in [6, 6.07) is 8.09. The molecule has 0 aromatic carbocycles. The van der Waals surface area contributed by atoms with Gasteiger partial charge in [0.25, 0.3) is 0 Å². The minimum Gasteiger partial charge on any atom is -0.330 e. The molecule has 1 N–H and O–H groups in total. The van der Waals surface area contributed by atoms with E-state index < -0.39 is 0 Å². The number of aromatic nitrogens is 7. The lowest BCUT2D eigenvalue weighted by atomic mass is 10.2. The largest absolute Gasteiger partial charge is 0.330 e. The summed E-state index contributed by atoms with van der Waals surface area (Å²) in [5.74, 6) is 1.92. The number of hydrogen-bond donors (Lipinski definition) is 1. The third kappa shape index (κ3) is 3.76. The number of imidazole rings is 1. The molecular weight excluding hydrogens is 399 g/mol. The van der Waals surface area contributed by atoms with E-state index >= 15 is 0 Å². The van der Waals surface area contributed by atoms with Gasteiger partial charge in [0.15, 0.2) is 11.5 Å². The Hall–Kier alpha value is -2.42. The molecule has 10 heteroatoms. The van der Waals surface area contributed by atoms with Crippen LogP contribution in [0.3, 0.4) is 0 Å². The zero-order valence-corrected chi connectivity index (χ0v) is 16.9. The Kier molecular flexibility index (Phi) is 6.33. The third-order valence-electron chi connectivity index (χ3n) is 4.80. The Labute approximate surface area is 174 Å². The summed E-state index contributed by atoms with van der Waals surface area (Å²) >= 11 is 0. The minimum atomic E-state index is 0. The summed E-state index contributed by atoms with van der Waals surface area (Å²) in [6.07, 6.45) is 7.71. The molecule has 0 amide bonds. The van der Waals surface area contributed by atoms with E-state index in [0.717, 1.165) is 62.0 Å². The van der Waals surface area contributed by atoms with E-state index in [1.807, 2.05) is 41.2 Å². The van der Waals surface area contributed by atoms with Gasteiger partial charge in [-0.15, -0.1) is 35.0 Å². The summed E-state index contributed by atoms with van der Waals surface area (Å²) < 4.78 is 6.30. The van der Waals surface area contributed by atoms with Crippen molar-refractivity contribution in [2.75, 3.05) is 6.54 Å². The topological polar surface area (TPSA) is 77.9 Å². The lowest BCUT2D eigenvalue weighted by molar-refractivity contribution is 0.476. The van der Waals surface area contributed by atoms with Gasteiger partial charge < -0.3 is 9.88 Å². The Balaban J connectivity index is 0.00000112. The zero-order valence-electron chi connectivity index (χ0n) is 15.2. The molecule has 0 saturated carbocycles. The standard InChI is InChI=1S/C18H20N8.2ClH/c1-2-9-25-16(4-1)21-22-17(25)5-3-8-24-10-7-20-18(24)15-12-14-13-19-6-11-26(14)23-15;;/h1-2,4,7,9-10,12,19H,3,5-6,8,11,13H2;2*1H. The monoisotopic (exact) mass is 420 g/mol. The number of rotatable bonds is 5. The van der Waals surface area contributed by atoms with Crippen LogP contribution in [0.5, 0.6) is 0 Å². The fourth-order valence-electron chi connectivity index (χ4n) is 3.49. The molecule has 0 atom stereocenters. The van der Waals surface area contributed by atoms with Crippen LogP contribution in [0.2, 0.25) is 0 Å². The fourth-order valence-corrected chi connectivity index (χ4v) is 3.49. The Morgan fingerprint density at radius 1 is 1.11 bits per heavy atom. The van der Waals surface area contributed by atoms with Crippen LogP contribution in [-0.4, -0.2) is 40.5 Å². The molecular formula is C18H22Cl2N8. The lowest BCUT2D eigenvalue weighted by Crippen LogP contribution is -2.28. The number of aryl methyl sites for hydroxylation is 2. The summed E-state index contributed by atoms with van der Waals surface area (Å²) in [5.41, 5.74) is 3.06. The molecule has 0 aliphatic carbocycles. The van der Waals surface area contributed by atoms with Gasteiger partial charge in [-0.25, -0.2) is 4.98 Å². The van der Waals surface area contributed by atoms with Crippen molar-refractivity contribution in [3.8, 4) is 11.5 Å². The molecule has 4 aromatic heterocycles. The number of hydrogen-bond acceptors (Lipinski definition) is 5. The molecule has 1 aliphatic heterocycles. The summed E-state index contributed by atoms with van der Waals surface area (Å²) in [7, 11) is 0. The maximum Gasteiger partial charge on any atom is 0.160 e. The molecule has 0 radical (unpaired) electrons. The maximum absolute atomic E-state index is 4.72. The first kappa shape index (κ1) is 20.3. The zero-order chi connectivity index (χ0) is 17.3. The molecule has 0 bridgehead atoms. The van der Waals surface area contributed by atoms with Gasteiger partial charge in [-0.05, 0) is 24.6 Å². The van der Waals surface area contributed by atoms with Crippen LogP contribution in [-0.2, 0) is 26.1 Å². The van der Waals surface area contributed by atoms with Crippen molar-refractivity contribution in [3.63, 3.8) is 0 Å². The molecule has 8 nitrogen and oxygen atoms in total. The van der Waals surface area contributed by atoms with Crippen molar-refractivity contribution >= 4 is 30.5 Å². The van der Waals surface area contributed by atoms with E-state index in [0.29, 0.717) is 0 Å². The molecule has 4 aromatic rings. The average Bonchev–Trinajstić information content (AvgIpc) is 3.39. The van der Waals surface area contributed by atoms with E-state index in [2.05, 4.69) is 35.8 Å². The molecule has 1 aliphatic rings. The second-order valence-electron chi connectivity index (χ2n) is 6.51. The van der Waals surface area contributed by atoms with Crippen LogP contribution in [0.1, 0.15) is 17.9 Å². The number of nitrogens with zero attached hydrogens (tertiary/aromatic N) is 7. The molecule has 148 valence electrons. The maximum atomic E-state index is 4.72. The summed E-state index contributed by atoms with van der Waals surface area (Å²) in [6.45, 7) is 3.62. The van der Waals surface area contributed by atoms with Crippen LogP contribution in [0, 0.1) is 0 Å². The highest BCUT2D eigenvalue weighted by atomic mass is 35.5. The van der Waals surface area contributed by atoms with Gasteiger partial charge in [0.05, 0.1) is 12.2 Å². The predicted octanol–water partition coefficient (Wildman–Crippen LogP) is 2.37. The first-order chi connectivity index (χ1) is 12.9. The molecule has 28 heavy (non-hydrogen) atoms. The van der Waals surface area contributed by atoms with Gasteiger partial charge >= 0.3 is 0 Å². The number of fused-ring (bicyclic) bond motifs is 2. The van der Waals surface area contributed by atoms with E-state index in [1.165, 1.54) is 5.69 Å². The van der Waals surface area contributed by atoms with Crippen molar-refractivity contribution in [1.82, 2.24) is 39.2 Å².